The van der Waals surface area contributed by atoms with Crippen molar-refractivity contribution in [3.63, 3.8) is 0 Å². The molecule has 0 saturated carbocycles. The number of fused-ring (bicyclic) bond motifs is 4. The molecule has 5 aromatic rings. The van der Waals surface area contributed by atoms with Gasteiger partial charge in [0.05, 0.1) is 30.6 Å². The van der Waals surface area contributed by atoms with Crippen molar-refractivity contribution in [2.45, 2.75) is 57.9 Å². The van der Waals surface area contributed by atoms with Crippen LogP contribution in [0.4, 0.5) is 11.8 Å². The zero-order chi connectivity index (χ0) is 26.0. The smallest absolute Gasteiger partial charge is 0.210 e. The summed E-state index contributed by atoms with van der Waals surface area (Å²) < 4.78 is 15.9. The van der Waals surface area contributed by atoms with Crippen molar-refractivity contribution >= 4 is 34.0 Å². The Hall–Kier alpha value is -3.92. The minimum atomic E-state index is -0.0476. The Bertz CT molecular complexity index is 1670. The molecule has 0 amide bonds. The Morgan fingerprint density at radius 2 is 1.95 bits per heavy atom. The lowest BCUT2D eigenvalue weighted by Crippen LogP contribution is -2.22. The number of nitrogens with zero attached hydrogens (tertiary/aromatic N) is 6. The Labute approximate surface area is 220 Å². The molecule has 0 spiro atoms. The van der Waals surface area contributed by atoms with Crippen LogP contribution in [0, 0.1) is 0 Å². The van der Waals surface area contributed by atoms with Gasteiger partial charge < -0.3 is 24.3 Å². The molecule has 7 rings (SSSR count). The van der Waals surface area contributed by atoms with Gasteiger partial charge in [-0.05, 0) is 37.3 Å². The number of pyridine rings is 2. The van der Waals surface area contributed by atoms with E-state index >= 15 is 0 Å². The van der Waals surface area contributed by atoms with Gasteiger partial charge in [0.25, 0.3) is 0 Å². The van der Waals surface area contributed by atoms with Gasteiger partial charge in [0.15, 0.2) is 11.5 Å². The Morgan fingerprint density at radius 3 is 2.76 bits per heavy atom. The summed E-state index contributed by atoms with van der Waals surface area (Å²) in [6.07, 6.45) is 7.80. The molecule has 2 aliphatic rings. The van der Waals surface area contributed by atoms with E-state index in [1.807, 2.05) is 17.7 Å². The molecule has 10 heteroatoms. The summed E-state index contributed by atoms with van der Waals surface area (Å²) in [6.45, 7) is 8.08. The van der Waals surface area contributed by atoms with Crippen molar-refractivity contribution in [2.24, 2.45) is 7.05 Å². The summed E-state index contributed by atoms with van der Waals surface area (Å²) in [5.74, 6) is 2.77. The quantitative estimate of drug-likeness (QED) is 0.328. The molecular formula is C28H32N8O2. The minimum absolute atomic E-state index is 0.0476. The summed E-state index contributed by atoms with van der Waals surface area (Å²) in [4.78, 5) is 17.3. The van der Waals surface area contributed by atoms with Crippen molar-refractivity contribution in [1.29, 1.82) is 0 Å². The topological polar surface area (TPSA) is 108 Å². The van der Waals surface area contributed by atoms with E-state index < -0.39 is 0 Å². The Morgan fingerprint density at radius 1 is 1.11 bits per heavy atom. The van der Waals surface area contributed by atoms with E-state index in [-0.39, 0.29) is 11.5 Å². The molecule has 1 atom stereocenters. The number of anilines is 2. The number of aromatic amines is 1. The molecule has 0 bridgehead atoms. The first-order valence-corrected chi connectivity index (χ1v) is 13.3. The van der Waals surface area contributed by atoms with Gasteiger partial charge in [-0.15, -0.1) is 0 Å². The number of rotatable bonds is 5. The van der Waals surface area contributed by atoms with E-state index in [1.54, 1.807) is 12.4 Å². The number of nitrogens with one attached hydrogen (secondary N) is 2. The van der Waals surface area contributed by atoms with Crippen molar-refractivity contribution in [2.75, 3.05) is 18.5 Å². The van der Waals surface area contributed by atoms with Crippen LogP contribution in [0.1, 0.15) is 56.6 Å². The number of aryl methyl sites for hydroxylation is 3. The van der Waals surface area contributed by atoms with Gasteiger partial charge in [0.2, 0.25) is 5.95 Å². The molecule has 0 radical (unpaired) electrons. The van der Waals surface area contributed by atoms with Crippen molar-refractivity contribution in [3.05, 3.63) is 47.5 Å². The highest BCUT2D eigenvalue weighted by Crippen LogP contribution is 2.34. The van der Waals surface area contributed by atoms with Crippen LogP contribution in [-0.2, 0) is 30.0 Å². The number of H-pyrrole nitrogens is 1. The second-order valence-corrected chi connectivity index (χ2v) is 11.4. The third-order valence-corrected chi connectivity index (χ3v) is 7.62. The molecule has 0 aromatic carbocycles. The van der Waals surface area contributed by atoms with Gasteiger partial charge in [0.1, 0.15) is 17.1 Å². The monoisotopic (exact) mass is 512 g/mol. The van der Waals surface area contributed by atoms with Crippen LogP contribution in [0.2, 0.25) is 0 Å². The first kappa shape index (κ1) is 23.2. The maximum Gasteiger partial charge on any atom is 0.210 e. The molecule has 2 N–H and O–H groups in total. The zero-order valence-corrected chi connectivity index (χ0v) is 22.2. The van der Waals surface area contributed by atoms with E-state index in [4.69, 9.17) is 19.6 Å². The molecule has 0 unspecified atom stereocenters. The molecule has 1 aliphatic heterocycles. The van der Waals surface area contributed by atoms with Crippen LogP contribution in [0.25, 0.3) is 22.2 Å². The van der Waals surface area contributed by atoms with E-state index in [0.29, 0.717) is 29.7 Å². The second-order valence-electron chi connectivity index (χ2n) is 11.4. The van der Waals surface area contributed by atoms with Gasteiger partial charge >= 0.3 is 0 Å². The molecule has 10 nitrogen and oxygen atoms in total. The molecule has 5 aromatic heterocycles. The molecular weight excluding hydrogens is 480 g/mol. The molecule has 196 valence electrons. The SMILES string of the molecule is Cn1c(Nc2cc(C(C)(C)C)n([C@H]3CCOC3)n2)nc2ncc(Oc3cnc4[nH]c5c(c4c3)CCC5)cc21. The molecule has 6 heterocycles. The standard InChI is InChI=1S/C28H32N8O2/c1-28(2,3)23-12-24(34-36(23)16-8-9-37-15-16)32-27-33-26-22(35(27)4)11-18(14-30-26)38-17-10-20-19-6-5-7-21(19)31-25(20)29-13-17/h10-14,16H,5-9,15H2,1-4H3,(H,29,31)(H,30,32,33,34)/t16-/m0/s1. The van der Waals surface area contributed by atoms with E-state index in [0.717, 1.165) is 48.2 Å². The number of hydrogen-bond donors (Lipinski definition) is 2. The predicted octanol–water partition coefficient (Wildman–Crippen LogP) is 5.32. The van der Waals surface area contributed by atoms with Gasteiger partial charge in [-0.25, -0.2) is 9.97 Å². The number of aromatic nitrogens is 7. The van der Waals surface area contributed by atoms with Crippen molar-refractivity contribution in [1.82, 2.24) is 34.3 Å². The fraction of sp³-hybridized carbons (Fsp3) is 0.429. The van der Waals surface area contributed by atoms with Gasteiger partial charge in [-0.2, -0.15) is 10.1 Å². The van der Waals surface area contributed by atoms with Gasteiger partial charge in [-0.3, -0.25) is 4.68 Å². The molecule has 1 fully saturated rings. The summed E-state index contributed by atoms with van der Waals surface area (Å²) in [5, 5.41) is 9.46. The summed E-state index contributed by atoms with van der Waals surface area (Å²) >= 11 is 0. The zero-order valence-electron chi connectivity index (χ0n) is 22.2. The highest BCUT2D eigenvalue weighted by atomic mass is 16.5. The average Bonchev–Trinajstić information content (AvgIpc) is 3.69. The fourth-order valence-electron chi connectivity index (χ4n) is 5.63. The number of ether oxygens (including phenoxy) is 2. The Kier molecular flexibility index (Phi) is 5.23. The van der Waals surface area contributed by atoms with E-state index in [9.17, 15) is 0 Å². The third kappa shape index (κ3) is 3.91. The average molecular weight is 513 g/mol. The summed E-state index contributed by atoms with van der Waals surface area (Å²) in [6, 6.07) is 6.40. The molecule has 1 aliphatic carbocycles. The largest absolute Gasteiger partial charge is 0.454 e. The van der Waals surface area contributed by atoms with Crippen LogP contribution >= 0.6 is 0 Å². The number of hydrogen-bond acceptors (Lipinski definition) is 7. The van der Waals surface area contributed by atoms with Crippen LogP contribution in [0.5, 0.6) is 11.5 Å². The second kappa shape index (κ2) is 8.56. The maximum absolute atomic E-state index is 6.19. The first-order valence-electron chi connectivity index (χ1n) is 13.3. The predicted molar refractivity (Wildman–Crippen MR) is 145 cm³/mol. The summed E-state index contributed by atoms with van der Waals surface area (Å²) in [5.41, 5.74) is 6.22. The molecule has 38 heavy (non-hydrogen) atoms. The maximum atomic E-state index is 6.19. The van der Waals surface area contributed by atoms with Gasteiger partial charge in [0, 0.05) is 48.0 Å². The van der Waals surface area contributed by atoms with Crippen LogP contribution in [-0.4, -0.2) is 47.5 Å². The van der Waals surface area contributed by atoms with Gasteiger partial charge in [-0.1, -0.05) is 20.8 Å². The van der Waals surface area contributed by atoms with Crippen LogP contribution in [0.3, 0.4) is 0 Å². The number of imidazole rings is 1. The van der Waals surface area contributed by atoms with Crippen molar-refractivity contribution in [3.8, 4) is 11.5 Å². The van der Waals surface area contributed by atoms with Crippen LogP contribution < -0.4 is 10.1 Å². The fourth-order valence-corrected chi connectivity index (χ4v) is 5.63. The normalized spacial score (nSPS) is 17.5. The Balaban J connectivity index is 1.17. The lowest BCUT2D eigenvalue weighted by atomic mass is 9.91. The lowest BCUT2D eigenvalue weighted by Gasteiger charge is -2.22. The van der Waals surface area contributed by atoms with E-state index in [1.165, 1.54) is 23.4 Å². The highest BCUT2D eigenvalue weighted by Gasteiger charge is 2.28. The first-order chi connectivity index (χ1) is 18.3. The third-order valence-electron chi connectivity index (χ3n) is 7.62. The minimum Gasteiger partial charge on any atom is -0.454 e. The van der Waals surface area contributed by atoms with E-state index in [2.05, 4.69) is 57.9 Å². The van der Waals surface area contributed by atoms with Crippen LogP contribution in [0.15, 0.2) is 30.6 Å². The highest BCUT2D eigenvalue weighted by molar-refractivity contribution is 5.83. The molecule has 1 saturated heterocycles. The lowest BCUT2D eigenvalue weighted by molar-refractivity contribution is 0.183. The summed E-state index contributed by atoms with van der Waals surface area (Å²) in [7, 11) is 1.96. The van der Waals surface area contributed by atoms with Crippen molar-refractivity contribution < 1.29 is 9.47 Å².